The van der Waals surface area contributed by atoms with Gasteiger partial charge in [0.1, 0.15) is 0 Å². The molecule has 0 heterocycles. The number of carboxylic acid groups (broad SMARTS) is 2. The van der Waals surface area contributed by atoms with Crippen LogP contribution in [0.25, 0.3) is 11.1 Å². The van der Waals surface area contributed by atoms with E-state index in [-0.39, 0.29) is 11.1 Å². The molecule has 0 unspecified atom stereocenters. The van der Waals surface area contributed by atoms with Gasteiger partial charge < -0.3 is 10.2 Å². The molecule has 0 radical (unpaired) electrons. The second kappa shape index (κ2) is 12.5. The molecule has 158 valence electrons. The smallest absolute Gasteiger partial charge is 0.336 e. The molecule has 30 heavy (non-hydrogen) atoms. The zero-order valence-corrected chi connectivity index (χ0v) is 17.6. The van der Waals surface area contributed by atoms with E-state index in [4.69, 9.17) is 0 Å². The van der Waals surface area contributed by atoms with E-state index in [1.807, 2.05) is 18.2 Å². The molecule has 0 saturated carbocycles. The first-order chi connectivity index (χ1) is 14.5. The third-order valence-corrected chi connectivity index (χ3v) is 5.06. The van der Waals surface area contributed by atoms with Gasteiger partial charge in [0.2, 0.25) is 0 Å². The summed E-state index contributed by atoms with van der Waals surface area (Å²) in [6.07, 6.45) is 11.0. The second-order valence-electron chi connectivity index (χ2n) is 7.48. The predicted molar refractivity (Wildman–Crippen MR) is 120 cm³/mol. The highest BCUT2D eigenvalue weighted by atomic mass is 16.4. The number of aromatic carboxylic acids is 2. The van der Waals surface area contributed by atoms with Gasteiger partial charge >= 0.3 is 11.9 Å². The molecule has 0 amide bonds. The molecule has 0 aliphatic carbocycles. The zero-order chi connectivity index (χ0) is 21.8. The number of hydrogen-bond acceptors (Lipinski definition) is 2. The Kier molecular flexibility index (Phi) is 9.67. The van der Waals surface area contributed by atoms with Crippen molar-refractivity contribution in [3.8, 4) is 23.0 Å². The molecule has 2 aromatic rings. The van der Waals surface area contributed by atoms with Crippen LogP contribution in [-0.4, -0.2) is 22.2 Å². The number of unbranched alkanes of at least 4 members (excludes halogenated alkanes) is 8. The Labute approximate surface area is 179 Å². The molecule has 2 rings (SSSR count). The highest BCUT2D eigenvalue weighted by molar-refractivity contribution is 5.99. The molecule has 0 bridgehead atoms. The topological polar surface area (TPSA) is 74.6 Å². The molecule has 4 nitrogen and oxygen atoms in total. The van der Waals surface area contributed by atoms with Crippen LogP contribution in [0.2, 0.25) is 0 Å². The van der Waals surface area contributed by atoms with E-state index in [1.54, 1.807) is 6.07 Å². The van der Waals surface area contributed by atoms with Gasteiger partial charge in [0.05, 0.1) is 11.1 Å². The summed E-state index contributed by atoms with van der Waals surface area (Å²) >= 11 is 0. The van der Waals surface area contributed by atoms with Crippen LogP contribution in [0.15, 0.2) is 42.5 Å². The molecule has 0 saturated heterocycles. The van der Waals surface area contributed by atoms with Crippen LogP contribution in [0.1, 0.15) is 91.0 Å². The van der Waals surface area contributed by atoms with E-state index in [0.717, 1.165) is 18.4 Å². The largest absolute Gasteiger partial charge is 0.478 e. The lowest BCUT2D eigenvalue weighted by atomic mass is 9.96. The maximum absolute atomic E-state index is 11.6. The number of benzene rings is 2. The maximum Gasteiger partial charge on any atom is 0.336 e. The Hall–Kier alpha value is -3.06. The van der Waals surface area contributed by atoms with Crippen molar-refractivity contribution < 1.29 is 19.8 Å². The van der Waals surface area contributed by atoms with Gasteiger partial charge in [0.15, 0.2) is 0 Å². The fourth-order valence-electron chi connectivity index (χ4n) is 3.38. The van der Waals surface area contributed by atoms with Gasteiger partial charge in [-0.25, -0.2) is 9.59 Å². The summed E-state index contributed by atoms with van der Waals surface area (Å²) in [6, 6.07) is 11.3. The first kappa shape index (κ1) is 23.2. The molecule has 0 aromatic heterocycles. The van der Waals surface area contributed by atoms with Crippen molar-refractivity contribution in [2.75, 3.05) is 0 Å². The number of hydrogen-bond donors (Lipinski definition) is 2. The summed E-state index contributed by atoms with van der Waals surface area (Å²) in [5.74, 6) is 4.17. The average Bonchev–Trinajstić information content (AvgIpc) is 2.74. The van der Waals surface area contributed by atoms with Crippen molar-refractivity contribution in [1.82, 2.24) is 0 Å². The van der Waals surface area contributed by atoms with Crippen LogP contribution < -0.4 is 0 Å². The van der Waals surface area contributed by atoms with E-state index in [0.29, 0.717) is 11.1 Å². The van der Waals surface area contributed by atoms with Crippen molar-refractivity contribution in [2.45, 2.75) is 64.7 Å². The molecule has 0 atom stereocenters. The third kappa shape index (κ3) is 7.40. The van der Waals surface area contributed by atoms with Crippen LogP contribution in [0, 0.1) is 11.8 Å². The first-order valence-corrected chi connectivity index (χ1v) is 10.7. The first-order valence-electron chi connectivity index (χ1n) is 10.7. The summed E-state index contributed by atoms with van der Waals surface area (Å²) in [5, 5.41) is 18.7. The summed E-state index contributed by atoms with van der Waals surface area (Å²) in [6.45, 7) is 2.23. The minimum absolute atomic E-state index is 0.0566. The number of carbonyl (C=O) groups is 2. The molecular weight excluding hydrogens is 376 g/mol. The standard InChI is InChI=1S/C26H30O4/c1-2-3-4-5-6-7-8-9-10-11-13-20-14-12-15-21(18-20)24-19-22(25(27)28)16-17-23(24)26(29)30/h12,14-19H,2-10H2,1H3,(H,27,28)(H,29,30). The van der Waals surface area contributed by atoms with E-state index in [1.165, 1.54) is 63.1 Å². The molecule has 0 aliphatic heterocycles. The molecule has 2 N–H and O–H groups in total. The molecular formula is C26H30O4. The van der Waals surface area contributed by atoms with Crippen LogP contribution in [0.4, 0.5) is 0 Å². The van der Waals surface area contributed by atoms with Crippen LogP contribution in [-0.2, 0) is 0 Å². The maximum atomic E-state index is 11.6. The van der Waals surface area contributed by atoms with Crippen molar-refractivity contribution in [3.05, 3.63) is 59.2 Å². The quantitative estimate of drug-likeness (QED) is 0.324. The Morgan fingerprint density at radius 2 is 1.53 bits per heavy atom. The van der Waals surface area contributed by atoms with Crippen LogP contribution in [0.3, 0.4) is 0 Å². The molecule has 4 heteroatoms. The molecule has 0 spiro atoms. The fourth-order valence-corrected chi connectivity index (χ4v) is 3.38. The molecule has 2 aromatic carbocycles. The van der Waals surface area contributed by atoms with Gasteiger partial charge in [-0.2, -0.15) is 0 Å². The van der Waals surface area contributed by atoms with Gasteiger partial charge in [0.25, 0.3) is 0 Å². The van der Waals surface area contributed by atoms with Crippen LogP contribution >= 0.6 is 0 Å². The van der Waals surface area contributed by atoms with Gasteiger partial charge in [-0.1, -0.05) is 75.8 Å². The highest BCUT2D eigenvalue weighted by Gasteiger charge is 2.15. The Bertz CT molecular complexity index is 918. The molecule has 0 fully saturated rings. The molecule has 0 aliphatic rings. The van der Waals surface area contributed by atoms with Crippen LogP contribution in [0.5, 0.6) is 0 Å². The van der Waals surface area contributed by atoms with Gasteiger partial charge in [-0.15, -0.1) is 0 Å². The van der Waals surface area contributed by atoms with E-state index < -0.39 is 11.9 Å². The lowest BCUT2D eigenvalue weighted by Crippen LogP contribution is -2.03. The van der Waals surface area contributed by atoms with Gasteiger partial charge in [0, 0.05) is 12.0 Å². The van der Waals surface area contributed by atoms with Crippen molar-refractivity contribution in [2.24, 2.45) is 0 Å². The number of carboxylic acids is 2. The summed E-state index contributed by atoms with van der Waals surface area (Å²) in [7, 11) is 0. The normalized spacial score (nSPS) is 10.3. The number of rotatable bonds is 11. The van der Waals surface area contributed by atoms with Gasteiger partial charge in [-0.05, 0) is 47.9 Å². The van der Waals surface area contributed by atoms with E-state index in [9.17, 15) is 19.8 Å². The third-order valence-electron chi connectivity index (χ3n) is 5.06. The second-order valence-corrected chi connectivity index (χ2v) is 7.48. The van der Waals surface area contributed by atoms with Crippen molar-refractivity contribution in [1.29, 1.82) is 0 Å². The minimum Gasteiger partial charge on any atom is -0.478 e. The lowest BCUT2D eigenvalue weighted by molar-refractivity contribution is 0.0682. The van der Waals surface area contributed by atoms with Crippen molar-refractivity contribution >= 4 is 11.9 Å². The minimum atomic E-state index is -1.09. The summed E-state index contributed by atoms with van der Waals surface area (Å²) in [5.41, 5.74) is 1.96. The SMILES string of the molecule is CCCCCCCCCCC#Cc1cccc(-c2cc(C(=O)O)ccc2C(=O)O)c1. The van der Waals surface area contributed by atoms with Crippen molar-refractivity contribution in [3.63, 3.8) is 0 Å². The zero-order valence-electron chi connectivity index (χ0n) is 17.6. The Balaban J connectivity index is 1.99. The Morgan fingerprint density at radius 1 is 0.833 bits per heavy atom. The van der Waals surface area contributed by atoms with E-state index >= 15 is 0 Å². The summed E-state index contributed by atoms with van der Waals surface area (Å²) in [4.78, 5) is 22.8. The fraction of sp³-hybridized carbons (Fsp3) is 0.385. The average molecular weight is 407 g/mol. The highest BCUT2D eigenvalue weighted by Crippen LogP contribution is 2.26. The van der Waals surface area contributed by atoms with E-state index in [2.05, 4.69) is 18.8 Å². The monoisotopic (exact) mass is 406 g/mol. The van der Waals surface area contributed by atoms with Gasteiger partial charge in [-0.3, -0.25) is 0 Å². The summed E-state index contributed by atoms with van der Waals surface area (Å²) < 4.78 is 0. The Morgan fingerprint density at radius 3 is 2.20 bits per heavy atom. The predicted octanol–water partition coefficient (Wildman–Crippen LogP) is 6.63. The lowest BCUT2D eigenvalue weighted by Gasteiger charge is -2.08.